The van der Waals surface area contributed by atoms with Crippen LogP contribution in [0.4, 0.5) is 5.69 Å². The molecule has 28 heavy (non-hydrogen) atoms. The van der Waals surface area contributed by atoms with Crippen LogP contribution < -0.4 is 5.32 Å². The van der Waals surface area contributed by atoms with Crippen LogP contribution in [0.25, 0.3) is 16.9 Å². The largest absolute Gasteiger partial charge is 0.325 e. The summed E-state index contributed by atoms with van der Waals surface area (Å²) in [7, 11) is 0. The average molecular weight is 388 g/mol. The number of fused-ring (bicyclic) bond motifs is 1. The molecule has 1 N–H and O–H groups in total. The molecule has 3 heterocycles. The summed E-state index contributed by atoms with van der Waals surface area (Å²) in [5, 5.41) is 12.4. The van der Waals surface area contributed by atoms with Gasteiger partial charge in [-0.15, -0.1) is 5.10 Å². The Bertz CT molecular complexity index is 1130. The molecular weight excluding hydrogens is 372 g/mol. The van der Waals surface area contributed by atoms with E-state index >= 15 is 0 Å². The van der Waals surface area contributed by atoms with E-state index in [0.717, 1.165) is 34.4 Å². The number of nitrogens with zero attached hydrogens (tertiary/aromatic N) is 5. The summed E-state index contributed by atoms with van der Waals surface area (Å²) in [6, 6.07) is 17.1. The molecule has 0 saturated heterocycles. The highest BCUT2D eigenvalue weighted by molar-refractivity contribution is 7.99. The normalized spacial score (nSPS) is 12.7. The van der Waals surface area contributed by atoms with Gasteiger partial charge in [-0.3, -0.25) is 4.79 Å². The second-order valence-electron chi connectivity index (χ2n) is 6.34. The van der Waals surface area contributed by atoms with Gasteiger partial charge in [-0.1, -0.05) is 42.1 Å². The maximum atomic E-state index is 12.6. The van der Waals surface area contributed by atoms with Crippen molar-refractivity contribution in [1.82, 2.24) is 24.5 Å². The molecule has 1 aliphatic heterocycles. The number of imidazole rings is 1. The number of rotatable bonds is 4. The van der Waals surface area contributed by atoms with Gasteiger partial charge < -0.3 is 9.88 Å². The summed E-state index contributed by atoms with van der Waals surface area (Å²) >= 11 is 1.76. The number of aryl methyl sites for hydroxylation is 1. The molecule has 138 valence electrons. The van der Waals surface area contributed by atoms with Crippen LogP contribution in [-0.2, 0) is 6.54 Å². The van der Waals surface area contributed by atoms with Gasteiger partial charge in [-0.05, 0) is 24.3 Å². The molecule has 1 aliphatic rings. The molecule has 0 bridgehead atoms. The van der Waals surface area contributed by atoms with E-state index in [2.05, 4.69) is 31.3 Å². The quantitative estimate of drug-likeness (QED) is 0.579. The van der Waals surface area contributed by atoms with E-state index in [1.807, 2.05) is 54.6 Å². The van der Waals surface area contributed by atoms with E-state index < -0.39 is 0 Å². The minimum absolute atomic E-state index is 0.256. The van der Waals surface area contributed by atoms with Gasteiger partial charge in [0, 0.05) is 29.7 Å². The second-order valence-corrected chi connectivity index (χ2v) is 7.40. The van der Waals surface area contributed by atoms with E-state index in [0.29, 0.717) is 5.69 Å². The molecule has 0 spiro atoms. The van der Waals surface area contributed by atoms with Crippen LogP contribution in [0, 0.1) is 0 Å². The molecule has 2 aromatic carbocycles. The van der Waals surface area contributed by atoms with E-state index in [-0.39, 0.29) is 11.6 Å². The van der Waals surface area contributed by atoms with E-state index in [4.69, 9.17) is 0 Å². The number of thioether (sulfide) groups is 1. The van der Waals surface area contributed by atoms with Gasteiger partial charge in [0.2, 0.25) is 0 Å². The van der Waals surface area contributed by atoms with Gasteiger partial charge in [0.05, 0.1) is 17.6 Å². The lowest BCUT2D eigenvalue weighted by Crippen LogP contribution is -2.13. The standard InChI is InChI=1S/C20H16N6OS/c27-19(17-12-21-26(24-17)16-7-2-1-3-8-16)22-15-6-4-5-14(11-15)18-13-25-9-10-28-20(25)23-18/h1-8,11-13H,9-10H2,(H,22,27). The summed E-state index contributed by atoms with van der Waals surface area (Å²) in [6.45, 7) is 0.987. The van der Waals surface area contributed by atoms with Crippen LogP contribution in [0.1, 0.15) is 10.5 Å². The summed E-state index contributed by atoms with van der Waals surface area (Å²) < 4.78 is 2.16. The molecule has 1 amide bonds. The van der Waals surface area contributed by atoms with Crippen LogP contribution in [0.15, 0.2) is 72.1 Å². The number of nitrogens with one attached hydrogen (secondary N) is 1. The minimum Gasteiger partial charge on any atom is -0.325 e. The van der Waals surface area contributed by atoms with Crippen molar-refractivity contribution in [3.8, 4) is 16.9 Å². The lowest BCUT2D eigenvalue weighted by molar-refractivity contribution is 0.102. The minimum atomic E-state index is -0.303. The molecule has 0 radical (unpaired) electrons. The molecule has 0 aliphatic carbocycles. The third-order valence-electron chi connectivity index (χ3n) is 4.43. The molecular formula is C20H16N6OS. The second kappa shape index (κ2) is 6.97. The van der Waals surface area contributed by atoms with Crippen molar-refractivity contribution in [2.45, 2.75) is 11.7 Å². The van der Waals surface area contributed by atoms with Crippen molar-refractivity contribution in [1.29, 1.82) is 0 Å². The van der Waals surface area contributed by atoms with Gasteiger partial charge in [0.1, 0.15) is 0 Å². The van der Waals surface area contributed by atoms with Crippen molar-refractivity contribution in [2.24, 2.45) is 0 Å². The molecule has 7 nitrogen and oxygen atoms in total. The van der Waals surface area contributed by atoms with E-state index in [1.54, 1.807) is 11.8 Å². The predicted octanol–water partition coefficient (Wildman–Crippen LogP) is 3.49. The Hall–Kier alpha value is -3.39. The Morgan fingerprint density at radius 3 is 2.86 bits per heavy atom. The third-order valence-corrected chi connectivity index (χ3v) is 5.40. The number of aromatic nitrogens is 5. The molecule has 0 fully saturated rings. The van der Waals surface area contributed by atoms with Crippen LogP contribution in [0.2, 0.25) is 0 Å². The van der Waals surface area contributed by atoms with Crippen molar-refractivity contribution < 1.29 is 4.79 Å². The summed E-state index contributed by atoms with van der Waals surface area (Å²) in [4.78, 5) is 18.7. The maximum absolute atomic E-state index is 12.6. The number of carbonyl (C=O) groups is 1. The number of anilines is 1. The first-order chi connectivity index (χ1) is 13.8. The zero-order valence-corrected chi connectivity index (χ0v) is 15.6. The van der Waals surface area contributed by atoms with Gasteiger partial charge in [0.15, 0.2) is 10.9 Å². The monoisotopic (exact) mass is 388 g/mol. The highest BCUT2D eigenvalue weighted by atomic mass is 32.2. The molecule has 0 atom stereocenters. The molecule has 4 aromatic rings. The van der Waals surface area contributed by atoms with Crippen molar-refractivity contribution in [2.75, 3.05) is 11.1 Å². The van der Waals surface area contributed by atoms with Crippen molar-refractivity contribution in [3.63, 3.8) is 0 Å². The topological polar surface area (TPSA) is 77.6 Å². The molecule has 5 rings (SSSR count). The first kappa shape index (κ1) is 16.8. The highest BCUT2D eigenvalue weighted by Crippen LogP contribution is 2.29. The first-order valence-corrected chi connectivity index (χ1v) is 9.84. The Morgan fingerprint density at radius 1 is 1.11 bits per heavy atom. The van der Waals surface area contributed by atoms with Crippen LogP contribution in [0.5, 0.6) is 0 Å². The molecule has 8 heteroatoms. The van der Waals surface area contributed by atoms with Crippen LogP contribution in [-0.4, -0.2) is 36.2 Å². The van der Waals surface area contributed by atoms with Crippen LogP contribution >= 0.6 is 11.8 Å². The fourth-order valence-corrected chi connectivity index (χ4v) is 4.00. The predicted molar refractivity (Wildman–Crippen MR) is 108 cm³/mol. The number of hydrogen-bond donors (Lipinski definition) is 1. The third kappa shape index (κ3) is 3.18. The number of hydrogen-bond acceptors (Lipinski definition) is 5. The Balaban J connectivity index is 1.35. The summed E-state index contributed by atoms with van der Waals surface area (Å²) in [5.74, 6) is 0.768. The number of para-hydroxylation sites is 1. The molecule has 0 saturated carbocycles. The summed E-state index contributed by atoms with van der Waals surface area (Å²) in [6.07, 6.45) is 3.52. The van der Waals surface area contributed by atoms with Gasteiger partial charge in [-0.25, -0.2) is 4.98 Å². The van der Waals surface area contributed by atoms with Gasteiger partial charge >= 0.3 is 0 Å². The van der Waals surface area contributed by atoms with Crippen LogP contribution in [0.3, 0.4) is 0 Å². The molecule has 2 aromatic heterocycles. The highest BCUT2D eigenvalue weighted by Gasteiger charge is 2.16. The summed E-state index contributed by atoms with van der Waals surface area (Å²) in [5.41, 5.74) is 3.63. The lowest BCUT2D eigenvalue weighted by atomic mass is 10.1. The number of carbonyl (C=O) groups excluding carboxylic acids is 1. The van der Waals surface area contributed by atoms with Gasteiger partial charge in [-0.2, -0.15) is 9.90 Å². The number of amides is 1. The molecule has 0 unspecified atom stereocenters. The zero-order chi connectivity index (χ0) is 18.9. The SMILES string of the molecule is O=C(Nc1cccc(-c2cn3c(n2)SCC3)c1)c1cnn(-c2ccccc2)n1. The lowest BCUT2D eigenvalue weighted by Gasteiger charge is -2.05. The van der Waals surface area contributed by atoms with Crippen molar-refractivity contribution >= 4 is 23.4 Å². The Morgan fingerprint density at radius 2 is 2.00 bits per heavy atom. The van der Waals surface area contributed by atoms with Gasteiger partial charge in [0.25, 0.3) is 5.91 Å². The zero-order valence-electron chi connectivity index (χ0n) is 14.8. The fraction of sp³-hybridized carbons (Fsp3) is 0.100. The Labute approximate surface area is 165 Å². The fourth-order valence-electron chi connectivity index (χ4n) is 3.05. The Kier molecular flexibility index (Phi) is 4.17. The maximum Gasteiger partial charge on any atom is 0.277 e. The van der Waals surface area contributed by atoms with E-state index in [9.17, 15) is 4.79 Å². The number of benzene rings is 2. The average Bonchev–Trinajstić information content (AvgIpc) is 3.45. The first-order valence-electron chi connectivity index (χ1n) is 8.86. The smallest absolute Gasteiger partial charge is 0.277 e. The van der Waals surface area contributed by atoms with E-state index in [1.165, 1.54) is 11.0 Å². The van der Waals surface area contributed by atoms with Crippen molar-refractivity contribution in [3.05, 3.63) is 72.7 Å².